The number of ether oxygens (including phenoxy) is 1. The van der Waals surface area contributed by atoms with Crippen LogP contribution in [0.4, 0.5) is 0 Å². The van der Waals surface area contributed by atoms with E-state index in [9.17, 15) is 4.79 Å². The van der Waals surface area contributed by atoms with Gasteiger partial charge in [0, 0.05) is 0 Å². The molecule has 0 aliphatic carbocycles. The summed E-state index contributed by atoms with van der Waals surface area (Å²) >= 11 is 0. The summed E-state index contributed by atoms with van der Waals surface area (Å²) in [7, 11) is 0. The second-order valence-electron chi connectivity index (χ2n) is 5.83. The number of amides is 1. The highest BCUT2D eigenvalue weighted by Gasteiger charge is 2.16. The number of carbonyl (C=O) groups is 1. The third-order valence-corrected chi connectivity index (χ3v) is 2.83. The first-order valence-corrected chi connectivity index (χ1v) is 6.73. The molecule has 0 bridgehead atoms. The zero-order valence-corrected chi connectivity index (χ0v) is 12.4. The molecule has 2 aromatic rings. The van der Waals surface area contributed by atoms with E-state index >= 15 is 0 Å². The zero-order valence-electron chi connectivity index (χ0n) is 12.4. The van der Waals surface area contributed by atoms with E-state index in [0.29, 0.717) is 0 Å². The Balaban J connectivity index is 1.97. The number of fused-ring (bicyclic) bond motifs is 1. The van der Waals surface area contributed by atoms with Crippen molar-refractivity contribution >= 4 is 16.9 Å². The maximum absolute atomic E-state index is 11.8. The summed E-state index contributed by atoms with van der Waals surface area (Å²) in [5.41, 5.74) is 1.55. The van der Waals surface area contributed by atoms with Gasteiger partial charge in [0.25, 0.3) is 0 Å². The first-order valence-electron chi connectivity index (χ1n) is 6.73. The van der Waals surface area contributed by atoms with Crippen LogP contribution in [-0.4, -0.2) is 28.1 Å². The molecule has 5 heteroatoms. The number of aromatic amines is 1. The van der Waals surface area contributed by atoms with Gasteiger partial charge in [-0.05, 0) is 39.8 Å². The molecular formula is C15H21N3O2. The van der Waals surface area contributed by atoms with Crippen LogP contribution < -0.4 is 5.32 Å². The molecule has 1 amide bonds. The number of rotatable bonds is 4. The molecule has 0 radical (unpaired) electrons. The monoisotopic (exact) mass is 275 g/mol. The minimum Gasteiger partial charge on any atom is -0.366 e. The molecule has 0 aliphatic heterocycles. The van der Waals surface area contributed by atoms with E-state index in [-0.39, 0.29) is 24.2 Å². The number of para-hydroxylation sites is 2. The summed E-state index contributed by atoms with van der Waals surface area (Å²) in [4.78, 5) is 19.5. The SMILES string of the molecule is CC(NC(=O)COC(C)(C)C)c1nc2ccccc2[nH]1. The fourth-order valence-electron chi connectivity index (χ4n) is 1.81. The standard InChI is InChI=1S/C15H21N3O2/c1-10(16-13(19)9-20-15(2,3)4)14-17-11-7-5-6-8-12(11)18-14/h5-8,10H,9H2,1-4H3,(H,16,19)(H,17,18). The molecular weight excluding hydrogens is 254 g/mol. The van der Waals surface area contributed by atoms with E-state index in [0.717, 1.165) is 16.9 Å². The lowest BCUT2D eigenvalue weighted by Gasteiger charge is -2.20. The predicted molar refractivity (Wildman–Crippen MR) is 78.4 cm³/mol. The molecule has 0 spiro atoms. The first-order chi connectivity index (χ1) is 9.35. The number of benzene rings is 1. The Labute approximate surface area is 118 Å². The third kappa shape index (κ3) is 3.81. The van der Waals surface area contributed by atoms with Crippen LogP contribution in [0.1, 0.15) is 39.6 Å². The third-order valence-electron chi connectivity index (χ3n) is 2.83. The highest BCUT2D eigenvalue weighted by Crippen LogP contribution is 2.15. The number of H-pyrrole nitrogens is 1. The molecule has 5 nitrogen and oxygen atoms in total. The molecule has 1 atom stereocenters. The van der Waals surface area contributed by atoms with Gasteiger partial charge in [0.05, 0.1) is 22.7 Å². The van der Waals surface area contributed by atoms with Crippen molar-refractivity contribution in [3.63, 3.8) is 0 Å². The topological polar surface area (TPSA) is 67.0 Å². The van der Waals surface area contributed by atoms with E-state index < -0.39 is 0 Å². The second kappa shape index (κ2) is 5.63. The van der Waals surface area contributed by atoms with Crippen LogP contribution in [0.15, 0.2) is 24.3 Å². The fourth-order valence-corrected chi connectivity index (χ4v) is 1.81. The number of nitrogens with zero attached hydrogens (tertiary/aromatic N) is 1. The van der Waals surface area contributed by atoms with Gasteiger partial charge in [-0.3, -0.25) is 4.79 Å². The summed E-state index contributed by atoms with van der Waals surface area (Å²) < 4.78 is 5.44. The summed E-state index contributed by atoms with van der Waals surface area (Å²) in [6.45, 7) is 7.70. The summed E-state index contributed by atoms with van der Waals surface area (Å²) in [6, 6.07) is 7.60. The van der Waals surface area contributed by atoms with Crippen molar-refractivity contribution in [1.29, 1.82) is 0 Å². The lowest BCUT2D eigenvalue weighted by atomic mass is 10.2. The molecule has 2 rings (SSSR count). The van der Waals surface area contributed by atoms with Crippen molar-refractivity contribution in [1.82, 2.24) is 15.3 Å². The maximum Gasteiger partial charge on any atom is 0.246 e. The molecule has 108 valence electrons. The van der Waals surface area contributed by atoms with Crippen molar-refractivity contribution in [3.8, 4) is 0 Å². The van der Waals surface area contributed by atoms with Crippen molar-refractivity contribution in [3.05, 3.63) is 30.1 Å². The molecule has 0 fully saturated rings. The quantitative estimate of drug-likeness (QED) is 0.901. The fraction of sp³-hybridized carbons (Fsp3) is 0.467. The van der Waals surface area contributed by atoms with Crippen molar-refractivity contribution < 1.29 is 9.53 Å². The van der Waals surface area contributed by atoms with E-state index in [1.807, 2.05) is 52.0 Å². The van der Waals surface area contributed by atoms with E-state index in [1.165, 1.54) is 0 Å². The largest absolute Gasteiger partial charge is 0.366 e. The Hall–Kier alpha value is -1.88. The Bertz CT molecular complexity index is 565. The molecule has 20 heavy (non-hydrogen) atoms. The average molecular weight is 275 g/mol. The van der Waals surface area contributed by atoms with Gasteiger partial charge in [0.2, 0.25) is 5.91 Å². The van der Waals surface area contributed by atoms with E-state index in [1.54, 1.807) is 0 Å². The highest BCUT2D eigenvalue weighted by atomic mass is 16.5. The van der Waals surface area contributed by atoms with Crippen molar-refractivity contribution in [2.45, 2.75) is 39.3 Å². The summed E-state index contributed by atoms with van der Waals surface area (Å²) in [5, 5.41) is 2.87. The molecule has 0 aliphatic rings. The lowest BCUT2D eigenvalue weighted by molar-refractivity contribution is -0.131. The minimum atomic E-state index is -0.320. The Morgan fingerprint density at radius 2 is 2.10 bits per heavy atom. The van der Waals surface area contributed by atoms with E-state index in [2.05, 4.69) is 15.3 Å². The number of nitrogens with one attached hydrogen (secondary N) is 2. The van der Waals surface area contributed by atoms with Gasteiger partial charge < -0.3 is 15.0 Å². The van der Waals surface area contributed by atoms with Crippen LogP contribution in [0.5, 0.6) is 0 Å². The predicted octanol–water partition coefficient (Wildman–Crippen LogP) is 2.56. The number of imidazole rings is 1. The molecule has 1 unspecified atom stereocenters. The second-order valence-corrected chi connectivity index (χ2v) is 5.83. The first kappa shape index (κ1) is 14.5. The molecule has 2 N–H and O–H groups in total. The van der Waals surface area contributed by atoms with Gasteiger partial charge in [-0.15, -0.1) is 0 Å². The average Bonchev–Trinajstić information content (AvgIpc) is 2.79. The molecule has 1 heterocycles. The highest BCUT2D eigenvalue weighted by molar-refractivity contribution is 5.78. The van der Waals surface area contributed by atoms with Gasteiger partial charge in [0.1, 0.15) is 12.4 Å². The van der Waals surface area contributed by atoms with Gasteiger partial charge in [-0.2, -0.15) is 0 Å². The van der Waals surface area contributed by atoms with Crippen LogP contribution in [-0.2, 0) is 9.53 Å². The molecule has 1 aromatic heterocycles. The Kier molecular flexibility index (Phi) is 4.09. The normalized spacial score (nSPS) is 13.4. The Morgan fingerprint density at radius 3 is 2.75 bits per heavy atom. The number of hydrogen-bond donors (Lipinski definition) is 2. The van der Waals surface area contributed by atoms with Gasteiger partial charge in [0.15, 0.2) is 0 Å². The maximum atomic E-state index is 11.8. The van der Waals surface area contributed by atoms with Crippen molar-refractivity contribution in [2.24, 2.45) is 0 Å². The summed E-state index contributed by atoms with van der Waals surface area (Å²) in [6.07, 6.45) is 0. The molecule has 0 saturated heterocycles. The van der Waals surface area contributed by atoms with Crippen LogP contribution in [0, 0.1) is 0 Å². The zero-order chi connectivity index (χ0) is 14.8. The van der Waals surface area contributed by atoms with Gasteiger partial charge in [-0.25, -0.2) is 4.98 Å². The smallest absolute Gasteiger partial charge is 0.246 e. The number of hydrogen-bond acceptors (Lipinski definition) is 3. The van der Waals surface area contributed by atoms with Crippen molar-refractivity contribution in [2.75, 3.05) is 6.61 Å². The van der Waals surface area contributed by atoms with Crippen LogP contribution >= 0.6 is 0 Å². The van der Waals surface area contributed by atoms with E-state index in [4.69, 9.17) is 4.74 Å². The molecule has 1 aromatic carbocycles. The summed E-state index contributed by atoms with van der Waals surface area (Å²) in [5.74, 6) is 0.600. The lowest BCUT2D eigenvalue weighted by Crippen LogP contribution is -2.34. The molecule has 0 saturated carbocycles. The van der Waals surface area contributed by atoms with Crippen LogP contribution in [0.3, 0.4) is 0 Å². The number of aromatic nitrogens is 2. The van der Waals surface area contributed by atoms with Gasteiger partial charge in [-0.1, -0.05) is 12.1 Å². The van der Waals surface area contributed by atoms with Gasteiger partial charge >= 0.3 is 0 Å². The van der Waals surface area contributed by atoms with Crippen LogP contribution in [0.2, 0.25) is 0 Å². The van der Waals surface area contributed by atoms with Crippen LogP contribution in [0.25, 0.3) is 11.0 Å². The number of carbonyl (C=O) groups excluding carboxylic acids is 1. The Morgan fingerprint density at radius 1 is 1.40 bits per heavy atom. The minimum absolute atomic E-state index is 0.0497.